The van der Waals surface area contributed by atoms with Gasteiger partial charge in [-0.3, -0.25) is 9.69 Å². The smallest absolute Gasteiger partial charge is 0.244 e. The summed E-state index contributed by atoms with van der Waals surface area (Å²) in [5, 5.41) is 3.65. The number of hydrogen-bond donors (Lipinski definition) is 1. The van der Waals surface area contributed by atoms with Gasteiger partial charge in [-0.15, -0.1) is 0 Å². The Morgan fingerprint density at radius 3 is 2.88 bits per heavy atom. The number of nitrogens with zero attached hydrogens (tertiary/aromatic N) is 1. The largest absolute Gasteiger partial charge is 0.488 e. The third kappa shape index (κ3) is 4.87. The van der Waals surface area contributed by atoms with Gasteiger partial charge < -0.3 is 14.8 Å². The summed E-state index contributed by atoms with van der Waals surface area (Å²) in [6.07, 6.45) is 5.34. The molecule has 0 bridgehead atoms. The van der Waals surface area contributed by atoms with Crippen LogP contribution < -0.4 is 10.1 Å². The molecule has 0 unspecified atom stereocenters. The Morgan fingerprint density at radius 1 is 1.35 bits per heavy atom. The summed E-state index contributed by atoms with van der Waals surface area (Å²) in [5.74, 6) is 0.701. The lowest BCUT2D eigenvalue weighted by Gasteiger charge is -2.40. The monoisotopic (exact) mass is 376 g/mol. The Kier molecular flexibility index (Phi) is 6.01. The van der Waals surface area contributed by atoms with E-state index in [1.54, 1.807) is 18.2 Å². The highest BCUT2D eigenvalue weighted by molar-refractivity contribution is 6.30. The maximum atomic E-state index is 12.2. The van der Waals surface area contributed by atoms with E-state index in [0.717, 1.165) is 43.2 Å². The normalized spacial score (nSPS) is 18.2. The van der Waals surface area contributed by atoms with E-state index in [1.807, 2.05) is 18.2 Å². The quantitative estimate of drug-likeness (QED) is 0.803. The second-order valence-electron chi connectivity index (χ2n) is 7.15. The van der Waals surface area contributed by atoms with Crippen LogP contribution in [0, 0.1) is 0 Å². The Bertz CT molecular complexity index is 722. The molecule has 5 nitrogen and oxygen atoms in total. The summed E-state index contributed by atoms with van der Waals surface area (Å²) in [6, 6.07) is 5.52. The van der Waals surface area contributed by atoms with E-state index in [-0.39, 0.29) is 11.4 Å². The lowest BCUT2D eigenvalue weighted by atomic mass is 10.0. The van der Waals surface area contributed by atoms with Crippen molar-refractivity contribution in [2.24, 2.45) is 0 Å². The van der Waals surface area contributed by atoms with Crippen molar-refractivity contribution in [2.45, 2.75) is 19.4 Å². The van der Waals surface area contributed by atoms with Gasteiger partial charge in [-0.25, -0.2) is 0 Å². The van der Waals surface area contributed by atoms with Crippen LogP contribution in [0.3, 0.4) is 0 Å². The van der Waals surface area contributed by atoms with Gasteiger partial charge in [0.15, 0.2) is 0 Å². The average Bonchev–Trinajstić information content (AvgIpc) is 2.65. The number of ether oxygens (including phenoxy) is 2. The molecule has 1 fully saturated rings. The van der Waals surface area contributed by atoms with Crippen molar-refractivity contribution >= 4 is 23.6 Å². The van der Waals surface area contributed by atoms with Crippen LogP contribution in [0.1, 0.15) is 19.4 Å². The molecule has 1 saturated heterocycles. The van der Waals surface area contributed by atoms with Gasteiger partial charge >= 0.3 is 0 Å². The van der Waals surface area contributed by atoms with Crippen LogP contribution in [-0.4, -0.2) is 55.8 Å². The van der Waals surface area contributed by atoms with Gasteiger partial charge in [0.25, 0.3) is 0 Å². The van der Waals surface area contributed by atoms with Crippen LogP contribution in [0.25, 0.3) is 6.08 Å². The lowest BCUT2D eigenvalue weighted by Crippen LogP contribution is -2.55. The van der Waals surface area contributed by atoms with Crippen LogP contribution in [0.15, 0.2) is 35.9 Å². The predicted molar refractivity (Wildman–Crippen MR) is 104 cm³/mol. The number of rotatable bonds is 5. The summed E-state index contributed by atoms with van der Waals surface area (Å²) in [7, 11) is 0. The van der Waals surface area contributed by atoms with Crippen molar-refractivity contribution in [1.82, 2.24) is 10.2 Å². The number of fused-ring (bicyclic) bond motifs is 1. The first-order chi connectivity index (χ1) is 12.4. The zero-order valence-electron chi connectivity index (χ0n) is 15.3. The van der Waals surface area contributed by atoms with Crippen LogP contribution >= 0.6 is 11.6 Å². The number of hydrogen-bond acceptors (Lipinski definition) is 4. The molecule has 0 aliphatic carbocycles. The van der Waals surface area contributed by atoms with E-state index in [4.69, 9.17) is 21.1 Å². The highest BCUT2D eigenvalue weighted by Gasteiger charge is 2.28. The van der Waals surface area contributed by atoms with Crippen molar-refractivity contribution in [2.75, 3.05) is 39.5 Å². The van der Waals surface area contributed by atoms with Crippen molar-refractivity contribution in [3.05, 3.63) is 46.5 Å². The minimum Gasteiger partial charge on any atom is -0.488 e. The van der Waals surface area contributed by atoms with Crippen molar-refractivity contribution < 1.29 is 14.3 Å². The molecule has 0 atom stereocenters. The molecule has 3 rings (SSSR count). The molecule has 6 heteroatoms. The number of carbonyl (C=O) groups excluding carboxylic acids is 1. The van der Waals surface area contributed by atoms with Crippen LogP contribution in [0.5, 0.6) is 5.75 Å². The van der Waals surface area contributed by atoms with E-state index in [9.17, 15) is 4.79 Å². The van der Waals surface area contributed by atoms with E-state index in [0.29, 0.717) is 18.2 Å². The molecule has 2 heterocycles. The molecule has 0 aromatic heterocycles. The molecule has 2 aliphatic heterocycles. The summed E-state index contributed by atoms with van der Waals surface area (Å²) >= 11 is 6.02. The summed E-state index contributed by atoms with van der Waals surface area (Å²) in [6.45, 7) is 8.59. The third-order valence-corrected chi connectivity index (χ3v) is 4.95. The van der Waals surface area contributed by atoms with Crippen molar-refractivity contribution in [3.63, 3.8) is 0 Å². The number of nitrogens with one attached hydrogen (secondary N) is 1. The van der Waals surface area contributed by atoms with Crippen LogP contribution in [0.2, 0.25) is 5.02 Å². The Balaban J connectivity index is 1.54. The summed E-state index contributed by atoms with van der Waals surface area (Å²) < 4.78 is 11.1. The molecule has 1 amide bonds. The minimum absolute atomic E-state index is 0.101. The number of amides is 1. The zero-order valence-corrected chi connectivity index (χ0v) is 16.0. The fourth-order valence-electron chi connectivity index (χ4n) is 3.09. The third-order valence-electron chi connectivity index (χ3n) is 4.72. The van der Waals surface area contributed by atoms with Gasteiger partial charge in [0.1, 0.15) is 12.4 Å². The van der Waals surface area contributed by atoms with E-state index in [2.05, 4.69) is 24.1 Å². The molecule has 140 valence electrons. The summed E-state index contributed by atoms with van der Waals surface area (Å²) in [4.78, 5) is 14.5. The molecule has 1 N–H and O–H groups in total. The maximum Gasteiger partial charge on any atom is 0.244 e. The lowest BCUT2D eigenvalue weighted by molar-refractivity contribution is -0.117. The second kappa shape index (κ2) is 8.25. The Morgan fingerprint density at radius 2 is 2.12 bits per heavy atom. The molecule has 26 heavy (non-hydrogen) atoms. The van der Waals surface area contributed by atoms with Gasteiger partial charge in [0.05, 0.1) is 13.2 Å². The SMILES string of the molecule is CC(C)(CNC(=O)/C=C/C1=Cc2cc(Cl)ccc2OC1)N1CCOCC1. The average molecular weight is 377 g/mol. The fourth-order valence-corrected chi connectivity index (χ4v) is 3.27. The number of carbonyl (C=O) groups is 1. The molecule has 2 aliphatic rings. The Hall–Kier alpha value is -1.82. The van der Waals surface area contributed by atoms with Crippen molar-refractivity contribution in [1.29, 1.82) is 0 Å². The van der Waals surface area contributed by atoms with Gasteiger partial charge in [-0.1, -0.05) is 17.7 Å². The zero-order chi connectivity index (χ0) is 18.6. The first-order valence-corrected chi connectivity index (χ1v) is 9.23. The van der Waals surface area contributed by atoms with Crippen LogP contribution in [-0.2, 0) is 9.53 Å². The predicted octanol–water partition coefficient (Wildman–Crippen LogP) is 2.90. The molecule has 1 aromatic rings. The molecule has 1 aromatic carbocycles. The van der Waals surface area contributed by atoms with Gasteiger partial charge in [0, 0.05) is 41.8 Å². The van der Waals surface area contributed by atoms with Crippen molar-refractivity contribution in [3.8, 4) is 5.75 Å². The maximum absolute atomic E-state index is 12.2. The first-order valence-electron chi connectivity index (χ1n) is 8.86. The molecule has 0 radical (unpaired) electrons. The highest BCUT2D eigenvalue weighted by atomic mass is 35.5. The highest BCUT2D eigenvalue weighted by Crippen LogP contribution is 2.29. The number of morpholine rings is 1. The number of halogens is 1. The fraction of sp³-hybridized carbons (Fsp3) is 0.450. The molecule has 0 spiro atoms. The minimum atomic E-state index is -0.107. The second-order valence-corrected chi connectivity index (χ2v) is 7.59. The van der Waals surface area contributed by atoms with Gasteiger partial charge in [-0.2, -0.15) is 0 Å². The van der Waals surface area contributed by atoms with E-state index in [1.165, 1.54) is 0 Å². The standard InChI is InChI=1S/C20H25ClN2O3/c1-20(2,23-7-9-25-10-8-23)14-22-19(24)6-3-15-11-16-12-17(21)4-5-18(16)26-13-15/h3-6,11-12H,7-10,13-14H2,1-2H3,(H,22,24)/b6-3+. The van der Waals surface area contributed by atoms with E-state index < -0.39 is 0 Å². The molecular formula is C20H25ClN2O3. The first kappa shape index (κ1) is 19.0. The van der Waals surface area contributed by atoms with Crippen LogP contribution in [0.4, 0.5) is 0 Å². The number of benzene rings is 1. The molecular weight excluding hydrogens is 352 g/mol. The topological polar surface area (TPSA) is 50.8 Å². The van der Waals surface area contributed by atoms with Gasteiger partial charge in [0.2, 0.25) is 5.91 Å². The van der Waals surface area contributed by atoms with E-state index >= 15 is 0 Å². The Labute approximate surface area is 159 Å². The van der Waals surface area contributed by atoms with Gasteiger partial charge in [-0.05, 0) is 43.7 Å². The molecule has 0 saturated carbocycles. The summed E-state index contributed by atoms with van der Waals surface area (Å²) in [5.41, 5.74) is 1.76.